The zero-order valence-corrected chi connectivity index (χ0v) is 17.0. The fraction of sp³-hybridized carbons (Fsp3) is 0.500. The van der Waals surface area contributed by atoms with E-state index in [9.17, 15) is 0 Å². The van der Waals surface area contributed by atoms with Crippen molar-refractivity contribution < 1.29 is 0 Å². The summed E-state index contributed by atoms with van der Waals surface area (Å²) in [7, 11) is 0. The Morgan fingerprint density at radius 3 is 2.17 bits per heavy atom. The maximum Gasteiger partial charge on any atom is 0.175 e. The molecule has 3 aromatic rings. The highest BCUT2D eigenvalue weighted by Gasteiger charge is 2.41. The van der Waals surface area contributed by atoms with Crippen molar-refractivity contribution in [2.24, 2.45) is 11.8 Å². The molecule has 0 saturated carbocycles. The summed E-state index contributed by atoms with van der Waals surface area (Å²) < 4.78 is 1.64. The highest BCUT2D eigenvalue weighted by Crippen LogP contribution is 2.35. The molecule has 150 valence electrons. The molecule has 2 fully saturated rings. The molecular weight excluding hydrogens is 366 g/mol. The van der Waals surface area contributed by atoms with Crippen LogP contribution in [0.4, 0.5) is 11.6 Å². The van der Waals surface area contributed by atoms with E-state index >= 15 is 0 Å². The van der Waals surface area contributed by atoms with Crippen LogP contribution in [0.2, 0.25) is 0 Å². The molecule has 2 aliphatic heterocycles. The van der Waals surface area contributed by atoms with E-state index in [0.29, 0.717) is 17.7 Å². The van der Waals surface area contributed by atoms with E-state index in [2.05, 4.69) is 61.7 Å². The molecule has 0 amide bonds. The lowest BCUT2D eigenvalue weighted by Gasteiger charge is -2.24. The van der Waals surface area contributed by atoms with Gasteiger partial charge in [-0.3, -0.25) is 4.98 Å². The van der Waals surface area contributed by atoms with E-state index in [4.69, 9.17) is 4.98 Å². The van der Waals surface area contributed by atoms with E-state index in [-0.39, 0.29) is 5.41 Å². The first-order chi connectivity index (χ1) is 14.0. The van der Waals surface area contributed by atoms with Crippen LogP contribution in [0.5, 0.6) is 0 Å². The van der Waals surface area contributed by atoms with Crippen LogP contribution in [-0.4, -0.2) is 60.9 Å². The van der Waals surface area contributed by atoms with Crippen molar-refractivity contribution in [1.29, 1.82) is 0 Å². The second-order valence-corrected chi connectivity index (χ2v) is 8.92. The van der Waals surface area contributed by atoms with Crippen LogP contribution in [0, 0.1) is 11.8 Å². The number of aromatic nitrogens is 7. The van der Waals surface area contributed by atoms with Crippen LogP contribution in [0.25, 0.3) is 5.82 Å². The number of nitrogens with zero attached hydrogens (tertiary/aromatic N) is 9. The minimum Gasteiger partial charge on any atom is -0.356 e. The Labute approximate surface area is 169 Å². The SMILES string of the molecule is CC(C)(C)c1cc(N2CC3CN(c4cncc(-n5cncn5)n4)CC3C2)ncn1. The normalized spacial score (nSPS) is 21.6. The highest BCUT2D eigenvalue weighted by molar-refractivity contribution is 5.46. The van der Waals surface area contributed by atoms with Crippen molar-refractivity contribution in [3.8, 4) is 5.82 Å². The molecule has 0 radical (unpaired) electrons. The van der Waals surface area contributed by atoms with Gasteiger partial charge in [0.15, 0.2) is 5.82 Å². The average molecular weight is 391 g/mol. The summed E-state index contributed by atoms with van der Waals surface area (Å²) in [5.41, 5.74) is 1.11. The standard InChI is InChI=1S/C20H25N9/c1-20(2,3)16-4-17(24-12-23-16)27-7-14-9-28(10-15(14)8-27)18-5-21-6-19(26-18)29-13-22-11-25-29/h4-6,11-15H,7-10H2,1-3H3. The zero-order valence-electron chi connectivity index (χ0n) is 17.0. The van der Waals surface area contributed by atoms with Gasteiger partial charge in [0.05, 0.1) is 18.1 Å². The van der Waals surface area contributed by atoms with Crippen LogP contribution < -0.4 is 9.80 Å². The number of fused-ring (bicyclic) bond motifs is 1. The summed E-state index contributed by atoms with van der Waals surface area (Å²) in [4.78, 5) is 26.8. The summed E-state index contributed by atoms with van der Waals surface area (Å²) in [5, 5.41) is 4.15. The predicted molar refractivity (Wildman–Crippen MR) is 109 cm³/mol. The monoisotopic (exact) mass is 391 g/mol. The lowest BCUT2D eigenvalue weighted by Crippen LogP contribution is -2.30. The second kappa shape index (κ2) is 6.75. The molecule has 2 atom stereocenters. The molecular formula is C20H25N9. The van der Waals surface area contributed by atoms with Gasteiger partial charge < -0.3 is 9.80 Å². The molecule has 3 aromatic heterocycles. The van der Waals surface area contributed by atoms with E-state index < -0.39 is 0 Å². The Bertz CT molecular complexity index is 981. The van der Waals surface area contributed by atoms with Gasteiger partial charge >= 0.3 is 0 Å². The fourth-order valence-electron chi connectivity index (χ4n) is 4.23. The molecule has 5 rings (SSSR count). The van der Waals surface area contributed by atoms with E-state index in [1.165, 1.54) is 6.33 Å². The van der Waals surface area contributed by atoms with E-state index in [1.54, 1.807) is 23.5 Å². The molecule has 0 bridgehead atoms. The van der Waals surface area contributed by atoms with E-state index in [1.807, 2.05) is 6.20 Å². The molecule has 9 heteroatoms. The van der Waals surface area contributed by atoms with Crippen LogP contribution in [0.15, 0.2) is 37.4 Å². The molecule has 2 aliphatic rings. The molecule has 29 heavy (non-hydrogen) atoms. The van der Waals surface area contributed by atoms with Gasteiger partial charge in [0.1, 0.15) is 30.6 Å². The molecule has 2 saturated heterocycles. The lowest BCUT2D eigenvalue weighted by atomic mass is 9.92. The summed E-state index contributed by atoms with van der Waals surface area (Å²) >= 11 is 0. The van der Waals surface area contributed by atoms with Crippen LogP contribution in [0.3, 0.4) is 0 Å². The molecule has 0 spiro atoms. The van der Waals surface area contributed by atoms with Gasteiger partial charge in [-0.15, -0.1) is 0 Å². The Morgan fingerprint density at radius 2 is 1.52 bits per heavy atom. The molecule has 0 aromatic carbocycles. The number of anilines is 2. The maximum atomic E-state index is 4.73. The quantitative estimate of drug-likeness (QED) is 0.667. The Balaban J connectivity index is 1.29. The molecule has 0 N–H and O–H groups in total. The van der Waals surface area contributed by atoms with Crippen LogP contribution >= 0.6 is 0 Å². The minimum absolute atomic E-state index is 0.0257. The summed E-state index contributed by atoms with van der Waals surface area (Å²) in [5.74, 6) is 3.82. The van der Waals surface area contributed by atoms with Crippen molar-refractivity contribution in [2.45, 2.75) is 26.2 Å². The van der Waals surface area contributed by atoms with Crippen molar-refractivity contribution in [3.63, 3.8) is 0 Å². The number of hydrogen-bond donors (Lipinski definition) is 0. The molecule has 9 nitrogen and oxygen atoms in total. The highest BCUT2D eigenvalue weighted by atomic mass is 15.4. The minimum atomic E-state index is 0.0257. The molecule has 0 aliphatic carbocycles. The first kappa shape index (κ1) is 18.0. The fourth-order valence-corrected chi connectivity index (χ4v) is 4.23. The van der Waals surface area contributed by atoms with Gasteiger partial charge in [0.2, 0.25) is 0 Å². The predicted octanol–water partition coefficient (Wildman–Crippen LogP) is 1.72. The van der Waals surface area contributed by atoms with Crippen molar-refractivity contribution >= 4 is 11.6 Å². The van der Waals surface area contributed by atoms with Gasteiger partial charge in [-0.1, -0.05) is 20.8 Å². The molecule has 5 heterocycles. The van der Waals surface area contributed by atoms with Crippen molar-refractivity contribution in [2.75, 3.05) is 36.0 Å². The van der Waals surface area contributed by atoms with Crippen molar-refractivity contribution in [1.82, 2.24) is 34.7 Å². The zero-order chi connectivity index (χ0) is 20.0. The first-order valence-corrected chi connectivity index (χ1v) is 9.97. The number of hydrogen-bond acceptors (Lipinski definition) is 8. The number of rotatable bonds is 3. The van der Waals surface area contributed by atoms with Crippen LogP contribution in [-0.2, 0) is 5.41 Å². The third kappa shape index (κ3) is 3.41. The van der Waals surface area contributed by atoms with Gasteiger partial charge in [-0.05, 0) is 0 Å². The molecule has 2 unspecified atom stereocenters. The van der Waals surface area contributed by atoms with Crippen molar-refractivity contribution in [3.05, 3.63) is 43.1 Å². The average Bonchev–Trinajstić information content (AvgIpc) is 3.44. The lowest BCUT2D eigenvalue weighted by molar-refractivity contribution is 0.533. The Hall–Kier alpha value is -3.10. The summed E-state index contributed by atoms with van der Waals surface area (Å²) in [6, 6.07) is 2.14. The maximum absolute atomic E-state index is 4.73. The Morgan fingerprint density at radius 1 is 0.828 bits per heavy atom. The van der Waals surface area contributed by atoms with E-state index in [0.717, 1.165) is 43.5 Å². The topological polar surface area (TPSA) is 88.8 Å². The van der Waals surface area contributed by atoms with Gasteiger partial charge in [-0.2, -0.15) is 5.10 Å². The van der Waals surface area contributed by atoms with Crippen LogP contribution in [0.1, 0.15) is 26.5 Å². The summed E-state index contributed by atoms with van der Waals surface area (Å²) in [6.07, 6.45) is 8.37. The Kier molecular flexibility index (Phi) is 4.18. The summed E-state index contributed by atoms with van der Waals surface area (Å²) in [6.45, 7) is 10.5. The second-order valence-electron chi connectivity index (χ2n) is 8.92. The third-order valence-corrected chi connectivity index (χ3v) is 5.82. The van der Waals surface area contributed by atoms with Gasteiger partial charge in [-0.25, -0.2) is 24.6 Å². The van der Waals surface area contributed by atoms with Gasteiger partial charge in [0.25, 0.3) is 0 Å². The third-order valence-electron chi connectivity index (χ3n) is 5.82. The van der Waals surface area contributed by atoms with Gasteiger partial charge in [0, 0.05) is 49.5 Å². The smallest absolute Gasteiger partial charge is 0.175 e. The first-order valence-electron chi connectivity index (χ1n) is 9.97. The largest absolute Gasteiger partial charge is 0.356 e.